The average molecular weight is 310 g/mol. The lowest BCUT2D eigenvalue weighted by Gasteiger charge is -2.22. The Bertz CT molecular complexity index is 423. The second kappa shape index (κ2) is 9.68. The maximum absolute atomic E-state index is 12.1. The second-order valence-corrected chi connectivity index (χ2v) is 6.05. The van der Waals surface area contributed by atoms with Gasteiger partial charge in [-0.2, -0.15) is 0 Å². The molecule has 0 aromatic heterocycles. The SMILES string of the molecule is CCN(Cc1ccc(SC)cc1)C(=O)NCCC(C)CO. The Morgan fingerprint density at radius 2 is 2.05 bits per heavy atom. The minimum absolute atomic E-state index is 0.0448. The first-order valence-electron chi connectivity index (χ1n) is 7.37. The van der Waals surface area contributed by atoms with Crippen LogP contribution < -0.4 is 5.32 Å². The van der Waals surface area contributed by atoms with E-state index in [-0.39, 0.29) is 18.6 Å². The van der Waals surface area contributed by atoms with Crippen molar-refractivity contribution in [3.8, 4) is 0 Å². The predicted molar refractivity (Wildman–Crippen MR) is 88.6 cm³/mol. The fourth-order valence-electron chi connectivity index (χ4n) is 1.91. The summed E-state index contributed by atoms with van der Waals surface area (Å²) in [7, 11) is 0. The van der Waals surface area contributed by atoms with E-state index in [0.29, 0.717) is 19.6 Å². The minimum Gasteiger partial charge on any atom is -0.396 e. The zero-order chi connectivity index (χ0) is 15.7. The van der Waals surface area contributed by atoms with Crippen molar-refractivity contribution in [3.05, 3.63) is 29.8 Å². The molecule has 0 aliphatic heterocycles. The van der Waals surface area contributed by atoms with Crippen molar-refractivity contribution in [2.45, 2.75) is 31.7 Å². The highest BCUT2D eigenvalue weighted by Gasteiger charge is 2.12. The van der Waals surface area contributed by atoms with Crippen molar-refractivity contribution >= 4 is 17.8 Å². The first-order chi connectivity index (χ1) is 10.1. The summed E-state index contributed by atoms with van der Waals surface area (Å²) in [6, 6.07) is 8.24. The fourth-order valence-corrected chi connectivity index (χ4v) is 2.32. The third kappa shape index (κ3) is 6.40. The number of rotatable bonds is 8. The van der Waals surface area contributed by atoms with Gasteiger partial charge in [0.2, 0.25) is 0 Å². The first kappa shape index (κ1) is 17.9. The quantitative estimate of drug-likeness (QED) is 0.726. The van der Waals surface area contributed by atoms with Gasteiger partial charge in [0.05, 0.1) is 0 Å². The summed E-state index contributed by atoms with van der Waals surface area (Å²) in [6.07, 6.45) is 2.84. The number of urea groups is 1. The van der Waals surface area contributed by atoms with Crippen molar-refractivity contribution < 1.29 is 9.90 Å². The van der Waals surface area contributed by atoms with Crippen LogP contribution in [-0.2, 0) is 6.54 Å². The molecule has 118 valence electrons. The average Bonchev–Trinajstić information content (AvgIpc) is 2.52. The van der Waals surface area contributed by atoms with E-state index in [1.165, 1.54) is 4.90 Å². The molecule has 5 heteroatoms. The van der Waals surface area contributed by atoms with E-state index in [4.69, 9.17) is 5.11 Å². The summed E-state index contributed by atoms with van der Waals surface area (Å²) in [6.45, 7) is 6.00. The van der Waals surface area contributed by atoms with E-state index in [9.17, 15) is 4.79 Å². The van der Waals surface area contributed by atoms with Crippen molar-refractivity contribution in [2.24, 2.45) is 5.92 Å². The molecule has 0 aliphatic rings. The number of aliphatic hydroxyl groups is 1. The summed E-state index contributed by atoms with van der Waals surface area (Å²) in [5, 5.41) is 11.9. The number of hydrogen-bond acceptors (Lipinski definition) is 3. The highest BCUT2D eigenvalue weighted by molar-refractivity contribution is 7.98. The maximum Gasteiger partial charge on any atom is 0.317 e. The van der Waals surface area contributed by atoms with E-state index in [2.05, 4.69) is 29.6 Å². The molecule has 2 amide bonds. The normalized spacial score (nSPS) is 12.0. The molecule has 0 bridgehead atoms. The maximum atomic E-state index is 12.1. The molecule has 0 spiro atoms. The zero-order valence-corrected chi connectivity index (χ0v) is 13.9. The van der Waals surface area contributed by atoms with Crippen LogP contribution in [0.15, 0.2) is 29.2 Å². The molecule has 1 aromatic rings. The second-order valence-electron chi connectivity index (χ2n) is 5.17. The summed E-state index contributed by atoms with van der Waals surface area (Å²) in [5.74, 6) is 0.222. The van der Waals surface area contributed by atoms with Gasteiger partial charge in [0.25, 0.3) is 0 Å². The van der Waals surface area contributed by atoms with Crippen molar-refractivity contribution in [1.29, 1.82) is 0 Å². The van der Waals surface area contributed by atoms with Crippen LogP contribution in [0.3, 0.4) is 0 Å². The third-order valence-electron chi connectivity index (χ3n) is 3.43. The number of hydrogen-bond donors (Lipinski definition) is 2. The van der Waals surface area contributed by atoms with Crippen LogP contribution in [0.4, 0.5) is 4.79 Å². The summed E-state index contributed by atoms with van der Waals surface area (Å²) in [4.78, 5) is 15.1. The van der Waals surface area contributed by atoms with Gasteiger partial charge in [-0.25, -0.2) is 4.79 Å². The summed E-state index contributed by atoms with van der Waals surface area (Å²) in [5.41, 5.74) is 1.13. The molecule has 4 nitrogen and oxygen atoms in total. The summed E-state index contributed by atoms with van der Waals surface area (Å²) < 4.78 is 0. The number of nitrogens with one attached hydrogen (secondary N) is 1. The van der Waals surface area contributed by atoms with Crippen LogP contribution in [0.2, 0.25) is 0 Å². The number of amides is 2. The topological polar surface area (TPSA) is 52.6 Å². The molecular weight excluding hydrogens is 284 g/mol. The Labute approximate surface area is 131 Å². The van der Waals surface area contributed by atoms with Gasteiger partial charge in [0, 0.05) is 31.1 Å². The molecule has 0 radical (unpaired) electrons. The Morgan fingerprint density at radius 3 is 2.57 bits per heavy atom. The van der Waals surface area contributed by atoms with E-state index in [1.807, 2.05) is 20.1 Å². The summed E-state index contributed by atoms with van der Waals surface area (Å²) >= 11 is 1.71. The van der Waals surface area contributed by atoms with Crippen molar-refractivity contribution in [1.82, 2.24) is 10.2 Å². The van der Waals surface area contributed by atoms with E-state index >= 15 is 0 Å². The number of aliphatic hydroxyl groups excluding tert-OH is 1. The van der Waals surface area contributed by atoms with Crippen molar-refractivity contribution in [3.63, 3.8) is 0 Å². The molecule has 2 N–H and O–H groups in total. The molecule has 1 unspecified atom stereocenters. The molecular formula is C16H26N2O2S. The molecule has 0 saturated carbocycles. The lowest BCUT2D eigenvalue weighted by atomic mass is 10.1. The molecule has 1 atom stereocenters. The highest BCUT2D eigenvalue weighted by atomic mass is 32.2. The van der Waals surface area contributed by atoms with E-state index in [0.717, 1.165) is 12.0 Å². The minimum atomic E-state index is -0.0448. The van der Waals surface area contributed by atoms with Gasteiger partial charge < -0.3 is 15.3 Å². The van der Waals surface area contributed by atoms with E-state index < -0.39 is 0 Å². The molecule has 1 rings (SSSR count). The van der Waals surface area contributed by atoms with E-state index in [1.54, 1.807) is 16.7 Å². The Balaban J connectivity index is 2.47. The van der Waals surface area contributed by atoms with Gasteiger partial charge in [0.15, 0.2) is 0 Å². The molecule has 0 aliphatic carbocycles. The monoisotopic (exact) mass is 310 g/mol. The molecule has 0 fully saturated rings. The van der Waals surface area contributed by atoms with Crippen LogP contribution in [0, 0.1) is 5.92 Å². The highest BCUT2D eigenvalue weighted by Crippen LogP contribution is 2.15. The molecule has 0 heterocycles. The Morgan fingerprint density at radius 1 is 1.38 bits per heavy atom. The van der Waals surface area contributed by atoms with Crippen LogP contribution in [0.5, 0.6) is 0 Å². The van der Waals surface area contributed by atoms with Crippen LogP contribution in [0.1, 0.15) is 25.8 Å². The first-order valence-corrected chi connectivity index (χ1v) is 8.59. The van der Waals surface area contributed by atoms with Crippen LogP contribution in [-0.4, -0.2) is 42.0 Å². The Hall–Kier alpha value is -1.20. The largest absolute Gasteiger partial charge is 0.396 e. The van der Waals surface area contributed by atoms with Gasteiger partial charge >= 0.3 is 6.03 Å². The number of thioether (sulfide) groups is 1. The number of carbonyl (C=O) groups is 1. The standard InChI is InChI=1S/C16H26N2O2S/c1-4-18(16(20)17-10-9-13(2)12-19)11-14-5-7-15(21-3)8-6-14/h5-8,13,19H,4,9-12H2,1-3H3,(H,17,20). The molecule has 21 heavy (non-hydrogen) atoms. The van der Waals surface area contributed by atoms with Gasteiger partial charge in [0.1, 0.15) is 0 Å². The van der Waals surface area contributed by atoms with Gasteiger partial charge in [-0.05, 0) is 43.2 Å². The number of nitrogens with zero attached hydrogens (tertiary/aromatic N) is 1. The molecule has 0 saturated heterocycles. The van der Waals surface area contributed by atoms with Gasteiger partial charge in [-0.15, -0.1) is 11.8 Å². The van der Waals surface area contributed by atoms with Crippen molar-refractivity contribution in [2.75, 3.05) is 26.0 Å². The van der Waals surface area contributed by atoms with Gasteiger partial charge in [-0.3, -0.25) is 0 Å². The van der Waals surface area contributed by atoms with Crippen LogP contribution >= 0.6 is 11.8 Å². The lowest BCUT2D eigenvalue weighted by molar-refractivity contribution is 0.194. The van der Waals surface area contributed by atoms with Crippen LogP contribution in [0.25, 0.3) is 0 Å². The number of carbonyl (C=O) groups excluding carboxylic acids is 1. The smallest absolute Gasteiger partial charge is 0.317 e. The zero-order valence-electron chi connectivity index (χ0n) is 13.1. The Kier molecular flexibility index (Phi) is 8.23. The fraction of sp³-hybridized carbons (Fsp3) is 0.562. The third-order valence-corrected chi connectivity index (χ3v) is 4.17. The molecule has 1 aromatic carbocycles. The van der Waals surface area contributed by atoms with Gasteiger partial charge in [-0.1, -0.05) is 19.1 Å². The number of benzene rings is 1. The predicted octanol–water partition coefficient (Wildman–Crippen LogP) is 2.96. The lowest BCUT2D eigenvalue weighted by Crippen LogP contribution is -2.40.